The Labute approximate surface area is 132 Å². The van der Waals surface area contributed by atoms with Crippen LogP contribution >= 0.6 is 0 Å². The first-order valence-corrected chi connectivity index (χ1v) is 7.95. The van der Waals surface area contributed by atoms with Crippen molar-refractivity contribution in [2.75, 3.05) is 6.61 Å². The fraction of sp³-hybridized carbons (Fsp3) is 0.350. The Morgan fingerprint density at radius 1 is 1.05 bits per heavy atom. The molecule has 0 bridgehead atoms. The topological polar surface area (TPSA) is 26.3 Å². The van der Waals surface area contributed by atoms with Crippen molar-refractivity contribution in [3.05, 3.63) is 63.7 Å². The lowest BCUT2D eigenvalue weighted by atomic mass is 9.90. The second-order valence-corrected chi connectivity index (χ2v) is 6.17. The van der Waals surface area contributed by atoms with Crippen molar-refractivity contribution in [1.29, 1.82) is 0 Å². The van der Waals surface area contributed by atoms with E-state index in [0.717, 1.165) is 53.9 Å². The van der Waals surface area contributed by atoms with E-state index in [1.807, 2.05) is 51.1 Å². The number of carbonyl (C=O) groups is 1. The summed E-state index contributed by atoms with van der Waals surface area (Å²) in [5, 5.41) is 0. The number of carbonyl (C=O) groups excluding carboxylic acids is 1. The molecule has 114 valence electrons. The zero-order chi connectivity index (χ0) is 15.7. The van der Waals surface area contributed by atoms with Crippen molar-refractivity contribution >= 4 is 5.78 Å². The molecule has 0 radical (unpaired) electrons. The highest BCUT2D eigenvalue weighted by atomic mass is 16.5. The van der Waals surface area contributed by atoms with Crippen molar-refractivity contribution < 1.29 is 9.53 Å². The largest absolute Gasteiger partial charge is 0.493 e. The summed E-state index contributed by atoms with van der Waals surface area (Å²) in [7, 11) is 0. The summed E-state index contributed by atoms with van der Waals surface area (Å²) in [6, 6.07) is 9.79. The maximum Gasteiger partial charge on any atom is 0.193 e. The van der Waals surface area contributed by atoms with Crippen LogP contribution < -0.4 is 4.74 Å². The van der Waals surface area contributed by atoms with Crippen LogP contribution in [0.25, 0.3) is 0 Å². The fourth-order valence-electron chi connectivity index (χ4n) is 3.14. The van der Waals surface area contributed by atoms with Gasteiger partial charge in [0, 0.05) is 11.1 Å². The molecular weight excluding hydrogens is 272 g/mol. The van der Waals surface area contributed by atoms with Crippen LogP contribution in [-0.4, -0.2) is 12.4 Å². The maximum absolute atomic E-state index is 12.9. The highest BCUT2D eigenvalue weighted by Gasteiger charge is 2.21. The third-order valence-corrected chi connectivity index (χ3v) is 4.48. The van der Waals surface area contributed by atoms with Crippen LogP contribution in [0.1, 0.15) is 51.0 Å². The molecule has 0 fully saturated rings. The number of rotatable bonds is 2. The molecule has 1 heterocycles. The summed E-state index contributed by atoms with van der Waals surface area (Å²) in [6.45, 7) is 6.89. The van der Waals surface area contributed by atoms with Gasteiger partial charge in [0.2, 0.25) is 0 Å². The van der Waals surface area contributed by atoms with Gasteiger partial charge in [-0.2, -0.15) is 0 Å². The Balaban J connectivity index is 2.07. The molecule has 2 aromatic rings. The van der Waals surface area contributed by atoms with Gasteiger partial charge in [0.25, 0.3) is 0 Å². The zero-order valence-corrected chi connectivity index (χ0v) is 13.5. The van der Waals surface area contributed by atoms with Gasteiger partial charge in [-0.25, -0.2) is 0 Å². The predicted octanol–water partition coefficient (Wildman–Crippen LogP) is 4.56. The highest BCUT2D eigenvalue weighted by molar-refractivity contribution is 6.10. The minimum atomic E-state index is 0.104. The van der Waals surface area contributed by atoms with Gasteiger partial charge < -0.3 is 4.74 Å². The van der Waals surface area contributed by atoms with E-state index < -0.39 is 0 Å². The molecule has 2 aromatic carbocycles. The molecule has 0 atom stereocenters. The summed E-state index contributed by atoms with van der Waals surface area (Å²) < 4.78 is 5.90. The molecular formula is C20H22O2. The highest BCUT2D eigenvalue weighted by Crippen LogP contribution is 2.33. The van der Waals surface area contributed by atoms with Crippen molar-refractivity contribution in [3.63, 3.8) is 0 Å². The number of fused-ring (bicyclic) bond motifs is 1. The summed E-state index contributed by atoms with van der Waals surface area (Å²) >= 11 is 0. The SMILES string of the molecule is Cc1ccc(C(=O)c2cc(C)c3c(c2C)CCCCO3)cc1. The van der Waals surface area contributed by atoms with Crippen LogP contribution in [0.2, 0.25) is 0 Å². The molecule has 0 unspecified atom stereocenters. The smallest absolute Gasteiger partial charge is 0.193 e. The van der Waals surface area contributed by atoms with Crippen molar-refractivity contribution in [2.45, 2.75) is 40.0 Å². The van der Waals surface area contributed by atoms with E-state index in [1.54, 1.807) is 0 Å². The van der Waals surface area contributed by atoms with E-state index in [2.05, 4.69) is 0 Å². The van der Waals surface area contributed by atoms with E-state index in [4.69, 9.17) is 4.74 Å². The first kappa shape index (κ1) is 14.8. The lowest BCUT2D eigenvalue weighted by molar-refractivity contribution is 0.103. The Kier molecular flexibility index (Phi) is 4.02. The fourth-order valence-corrected chi connectivity index (χ4v) is 3.14. The molecule has 0 N–H and O–H groups in total. The quantitative estimate of drug-likeness (QED) is 0.759. The van der Waals surface area contributed by atoms with Crippen LogP contribution in [0, 0.1) is 20.8 Å². The normalized spacial score (nSPS) is 14.0. The van der Waals surface area contributed by atoms with Crippen molar-refractivity contribution in [1.82, 2.24) is 0 Å². The van der Waals surface area contributed by atoms with Crippen LogP contribution in [0.3, 0.4) is 0 Å². The number of benzene rings is 2. The molecule has 0 aliphatic carbocycles. The third-order valence-electron chi connectivity index (χ3n) is 4.48. The van der Waals surface area contributed by atoms with Gasteiger partial charge in [0.05, 0.1) is 6.61 Å². The van der Waals surface area contributed by atoms with Gasteiger partial charge in [-0.15, -0.1) is 0 Å². The third kappa shape index (κ3) is 2.66. The number of hydrogen-bond acceptors (Lipinski definition) is 2. The first-order chi connectivity index (χ1) is 10.6. The summed E-state index contributed by atoms with van der Waals surface area (Å²) in [4.78, 5) is 12.9. The van der Waals surface area contributed by atoms with Gasteiger partial charge in [-0.05, 0) is 62.8 Å². The van der Waals surface area contributed by atoms with Crippen LogP contribution in [0.4, 0.5) is 0 Å². The second-order valence-electron chi connectivity index (χ2n) is 6.17. The minimum absolute atomic E-state index is 0.104. The van der Waals surface area contributed by atoms with E-state index >= 15 is 0 Å². The average molecular weight is 294 g/mol. The Bertz CT molecular complexity index is 711. The molecule has 1 aliphatic rings. The molecule has 0 aromatic heterocycles. The predicted molar refractivity (Wildman–Crippen MR) is 89.0 cm³/mol. The average Bonchev–Trinajstić information content (AvgIpc) is 2.77. The lowest BCUT2D eigenvalue weighted by Gasteiger charge is -2.16. The van der Waals surface area contributed by atoms with Gasteiger partial charge in [-0.3, -0.25) is 4.79 Å². The van der Waals surface area contributed by atoms with Crippen LogP contribution in [-0.2, 0) is 6.42 Å². The Morgan fingerprint density at radius 2 is 1.77 bits per heavy atom. The number of hydrogen-bond donors (Lipinski definition) is 0. The van der Waals surface area contributed by atoms with Gasteiger partial charge in [0.15, 0.2) is 5.78 Å². The monoisotopic (exact) mass is 294 g/mol. The first-order valence-electron chi connectivity index (χ1n) is 7.95. The van der Waals surface area contributed by atoms with Gasteiger partial charge in [-0.1, -0.05) is 29.8 Å². The van der Waals surface area contributed by atoms with E-state index in [9.17, 15) is 4.79 Å². The van der Waals surface area contributed by atoms with Crippen LogP contribution in [0.5, 0.6) is 5.75 Å². The van der Waals surface area contributed by atoms with Gasteiger partial charge in [0.1, 0.15) is 5.75 Å². The molecule has 3 rings (SSSR count). The molecule has 0 spiro atoms. The van der Waals surface area contributed by atoms with E-state index in [1.165, 1.54) is 11.1 Å². The van der Waals surface area contributed by atoms with Crippen molar-refractivity contribution in [2.24, 2.45) is 0 Å². The lowest BCUT2D eigenvalue weighted by Crippen LogP contribution is -2.08. The molecule has 0 saturated heterocycles. The summed E-state index contributed by atoms with van der Waals surface area (Å²) in [6.07, 6.45) is 3.20. The second kappa shape index (κ2) is 5.96. The number of ketones is 1. The number of aryl methyl sites for hydroxylation is 2. The Hall–Kier alpha value is -2.09. The molecule has 1 aliphatic heterocycles. The van der Waals surface area contributed by atoms with Gasteiger partial charge >= 0.3 is 0 Å². The molecule has 2 heteroatoms. The summed E-state index contributed by atoms with van der Waals surface area (Å²) in [5.74, 6) is 1.10. The minimum Gasteiger partial charge on any atom is -0.493 e. The molecule has 2 nitrogen and oxygen atoms in total. The number of ether oxygens (including phenoxy) is 1. The maximum atomic E-state index is 12.9. The van der Waals surface area contributed by atoms with E-state index in [0.29, 0.717) is 0 Å². The van der Waals surface area contributed by atoms with Crippen molar-refractivity contribution in [3.8, 4) is 5.75 Å². The van der Waals surface area contributed by atoms with E-state index in [-0.39, 0.29) is 5.78 Å². The van der Waals surface area contributed by atoms with Crippen LogP contribution in [0.15, 0.2) is 30.3 Å². The molecule has 22 heavy (non-hydrogen) atoms. The molecule has 0 saturated carbocycles. The zero-order valence-electron chi connectivity index (χ0n) is 13.5. The summed E-state index contributed by atoms with van der Waals surface area (Å²) in [5.41, 5.74) is 6.09. The standard InChI is InChI=1S/C20H22O2/c1-13-7-9-16(10-8-13)19(21)18-12-14(2)20-17(15(18)3)6-4-5-11-22-20/h7-10,12H,4-6,11H2,1-3H3. The Morgan fingerprint density at radius 3 is 2.50 bits per heavy atom. The molecule has 0 amide bonds.